The van der Waals surface area contributed by atoms with Gasteiger partial charge in [-0.2, -0.15) is 4.98 Å². The number of terminal acetylenes is 1. The van der Waals surface area contributed by atoms with Gasteiger partial charge in [-0.25, -0.2) is 4.79 Å². The number of anilines is 1. The van der Waals surface area contributed by atoms with Gasteiger partial charge in [0.25, 0.3) is 0 Å². The molecule has 2 heterocycles. The third kappa shape index (κ3) is 2.26. The molecule has 3 atom stereocenters. The SMILES string of the molecule is C#C[C@]1(CO)O[C@@H](n2cc(Br)c(N)nc2=O)C[C@H]1O. The minimum atomic E-state index is -1.50. The number of hydrogen-bond donors (Lipinski definition) is 3. The van der Waals surface area contributed by atoms with Crippen LogP contribution in [0.2, 0.25) is 0 Å². The summed E-state index contributed by atoms with van der Waals surface area (Å²) in [5, 5.41) is 19.1. The van der Waals surface area contributed by atoms with E-state index in [1.165, 1.54) is 10.8 Å². The molecule has 0 amide bonds. The van der Waals surface area contributed by atoms with Gasteiger partial charge in [0.05, 0.1) is 11.1 Å². The van der Waals surface area contributed by atoms with Crippen molar-refractivity contribution in [1.82, 2.24) is 9.55 Å². The molecule has 1 aliphatic heterocycles. The van der Waals surface area contributed by atoms with Crippen molar-refractivity contribution >= 4 is 21.7 Å². The van der Waals surface area contributed by atoms with E-state index >= 15 is 0 Å². The first-order chi connectivity index (χ1) is 8.93. The first-order valence-electron chi connectivity index (χ1n) is 5.42. The maximum Gasteiger partial charge on any atom is 0.351 e. The zero-order valence-corrected chi connectivity index (χ0v) is 11.4. The van der Waals surface area contributed by atoms with E-state index in [9.17, 15) is 15.0 Å². The lowest BCUT2D eigenvalue weighted by Gasteiger charge is -2.23. The van der Waals surface area contributed by atoms with Crippen LogP contribution in [-0.4, -0.2) is 38.1 Å². The minimum Gasteiger partial charge on any atom is -0.392 e. The number of ether oxygens (including phenoxy) is 1. The van der Waals surface area contributed by atoms with Crippen LogP contribution in [0.25, 0.3) is 0 Å². The fraction of sp³-hybridized carbons (Fsp3) is 0.455. The zero-order valence-electron chi connectivity index (χ0n) is 9.78. The van der Waals surface area contributed by atoms with Crippen molar-refractivity contribution in [1.29, 1.82) is 0 Å². The zero-order chi connectivity index (χ0) is 14.2. The van der Waals surface area contributed by atoms with Gasteiger partial charge in [0.15, 0.2) is 5.60 Å². The molecule has 1 aromatic heterocycles. The second kappa shape index (κ2) is 4.94. The molecule has 19 heavy (non-hydrogen) atoms. The summed E-state index contributed by atoms with van der Waals surface area (Å²) in [5.74, 6) is 2.29. The standard InChI is InChI=1S/C11H12BrN3O4/c1-2-11(5-16)7(17)3-8(19-11)15-4-6(12)9(13)14-10(15)18/h1,4,7-8,16-17H,3,5H2,(H2,13,14,18)/t7-,8-,11-/m1/s1. The Labute approximate surface area is 117 Å². The van der Waals surface area contributed by atoms with Crippen molar-refractivity contribution in [3.8, 4) is 12.3 Å². The number of nitrogens with two attached hydrogens (primary N) is 1. The number of hydrogen-bond acceptors (Lipinski definition) is 6. The van der Waals surface area contributed by atoms with Gasteiger partial charge in [-0.15, -0.1) is 6.42 Å². The van der Waals surface area contributed by atoms with Gasteiger partial charge < -0.3 is 20.7 Å². The Morgan fingerprint density at radius 1 is 1.79 bits per heavy atom. The summed E-state index contributed by atoms with van der Waals surface area (Å²) in [6.07, 6.45) is 4.87. The van der Waals surface area contributed by atoms with Crippen LogP contribution < -0.4 is 11.4 Å². The number of aliphatic hydroxyl groups excluding tert-OH is 2. The first kappa shape index (κ1) is 14.0. The molecule has 2 rings (SSSR count). The number of nitrogens with zero attached hydrogens (tertiary/aromatic N) is 2. The summed E-state index contributed by atoms with van der Waals surface area (Å²) in [5.41, 5.74) is 3.36. The fourth-order valence-electron chi connectivity index (χ4n) is 1.90. The van der Waals surface area contributed by atoms with Gasteiger partial charge >= 0.3 is 5.69 Å². The Kier molecular flexibility index (Phi) is 3.64. The molecule has 0 saturated carbocycles. The van der Waals surface area contributed by atoms with E-state index in [-0.39, 0.29) is 12.2 Å². The van der Waals surface area contributed by atoms with Gasteiger partial charge in [-0.05, 0) is 15.9 Å². The van der Waals surface area contributed by atoms with Crippen molar-refractivity contribution in [3.63, 3.8) is 0 Å². The van der Waals surface area contributed by atoms with Crippen molar-refractivity contribution in [2.75, 3.05) is 12.3 Å². The summed E-state index contributed by atoms with van der Waals surface area (Å²) >= 11 is 3.15. The van der Waals surface area contributed by atoms with E-state index in [4.69, 9.17) is 16.9 Å². The van der Waals surface area contributed by atoms with Crippen LogP contribution in [0, 0.1) is 12.3 Å². The molecule has 0 bridgehead atoms. The summed E-state index contributed by atoms with van der Waals surface area (Å²) in [6, 6.07) is 0. The highest BCUT2D eigenvalue weighted by molar-refractivity contribution is 9.10. The lowest BCUT2D eigenvalue weighted by Crippen LogP contribution is -2.41. The lowest BCUT2D eigenvalue weighted by atomic mass is 9.99. The molecular weight excluding hydrogens is 318 g/mol. The Balaban J connectivity index is 2.39. The molecular formula is C11H12BrN3O4. The van der Waals surface area contributed by atoms with Gasteiger partial charge in [0, 0.05) is 12.6 Å². The Morgan fingerprint density at radius 3 is 3.00 bits per heavy atom. The molecule has 0 radical (unpaired) electrons. The van der Waals surface area contributed by atoms with Gasteiger partial charge in [0.1, 0.15) is 18.1 Å². The number of nitrogen functional groups attached to an aromatic ring is 1. The van der Waals surface area contributed by atoms with Crippen LogP contribution in [0.4, 0.5) is 5.82 Å². The highest BCUT2D eigenvalue weighted by Crippen LogP contribution is 2.35. The quantitative estimate of drug-likeness (QED) is 0.615. The van der Waals surface area contributed by atoms with Crippen molar-refractivity contribution in [2.24, 2.45) is 0 Å². The van der Waals surface area contributed by atoms with Crippen molar-refractivity contribution in [2.45, 2.75) is 24.4 Å². The third-order valence-corrected chi connectivity index (χ3v) is 3.64. The molecule has 1 saturated heterocycles. The first-order valence-corrected chi connectivity index (χ1v) is 6.21. The molecule has 8 heteroatoms. The second-order valence-corrected chi connectivity index (χ2v) is 5.03. The normalized spacial score (nSPS) is 30.2. The molecule has 0 aliphatic carbocycles. The number of aliphatic hydroxyl groups is 2. The molecule has 1 fully saturated rings. The predicted molar refractivity (Wildman–Crippen MR) is 70.0 cm³/mol. The number of halogens is 1. The van der Waals surface area contributed by atoms with Crippen molar-refractivity contribution in [3.05, 3.63) is 21.2 Å². The van der Waals surface area contributed by atoms with Gasteiger partial charge in [-0.3, -0.25) is 4.57 Å². The Hall–Kier alpha value is -1.40. The second-order valence-electron chi connectivity index (χ2n) is 4.18. The van der Waals surface area contributed by atoms with E-state index in [1.54, 1.807) is 0 Å². The van der Waals surface area contributed by atoms with E-state index < -0.39 is 30.2 Å². The van der Waals surface area contributed by atoms with Crippen LogP contribution in [0.15, 0.2) is 15.5 Å². The third-order valence-electron chi connectivity index (χ3n) is 3.03. The molecule has 1 aliphatic rings. The average molecular weight is 330 g/mol. The smallest absolute Gasteiger partial charge is 0.351 e. The highest BCUT2D eigenvalue weighted by Gasteiger charge is 2.47. The fourth-order valence-corrected chi connectivity index (χ4v) is 2.21. The topological polar surface area (TPSA) is 111 Å². The van der Waals surface area contributed by atoms with Crippen LogP contribution in [0.5, 0.6) is 0 Å². The van der Waals surface area contributed by atoms with Crippen LogP contribution in [0.1, 0.15) is 12.6 Å². The number of aromatic nitrogens is 2. The van der Waals surface area contributed by atoms with Crippen LogP contribution in [0.3, 0.4) is 0 Å². The summed E-state index contributed by atoms with van der Waals surface area (Å²) < 4.78 is 7.04. The molecule has 0 spiro atoms. The average Bonchev–Trinajstić information content (AvgIpc) is 2.71. The van der Waals surface area contributed by atoms with E-state index in [0.717, 1.165) is 0 Å². The maximum absolute atomic E-state index is 11.7. The Bertz CT molecular complexity index is 597. The van der Waals surface area contributed by atoms with E-state index in [2.05, 4.69) is 26.8 Å². The van der Waals surface area contributed by atoms with Crippen LogP contribution in [-0.2, 0) is 4.74 Å². The Morgan fingerprint density at radius 2 is 2.47 bits per heavy atom. The molecule has 0 aromatic carbocycles. The van der Waals surface area contributed by atoms with Crippen molar-refractivity contribution < 1.29 is 14.9 Å². The molecule has 7 nitrogen and oxygen atoms in total. The lowest BCUT2D eigenvalue weighted by molar-refractivity contribution is -0.0912. The summed E-state index contributed by atoms with van der Waals surface area (Å²) in [6.45, 7) is -0.542. The molecule has 4 N–H and O–H groups in total. The molecule has 1 aromatic rings. The molecule has 0 unspecified atom stereocenters. The maximum atomic E-state index is 11.7. The van der Waals surface area contributed by atoms with E-state index in [1.807, 2.05) is 0 Å². The summed E-state index contributed by atoms with van der Waals surface area (Å²) in [4.78, 5) is 15.4. The number of rotatable bonds is 2. The van der Waals surface area contributed by atoms with E-state index in [0.29, 0.717) is 4.47 Å². The summed E-state index contributed by atoms with van der Waals surface area (Å²) in [7, 11) is 0. The van der Waals surface area contributed by atoms with Gasteiger partial charge in [-0.1, -0.05) is 5.92 Å². The largest absolute Gasteiger partial charge is 0.392 e. The monoisotopic (exact) mass is 329 g/mol. The molecule has 102 valence electrons. The minimum absolute atomic E-state index is 0.0603. The highest BCUT2D eigenvalue weighted by atomic mass is 79.9. The van der Waals surface area contributed by atoms with Crippen LogP contribution >= 0.6 is 15.9 Å². The predicted octanol–water partition coefficient (Wildman–Crippen LogP) is -0.768. The van der Waals surface area contributed by atoms with Gasteiger partial charge in [0.2, 0.25) is 0 Å².